The second-order valence-corrected chi connectivity index (χ2v) is 3.30. The van der Waals surface area contributed by atoms with Crippen molar-refractivity contribution in [2.75, 3.05) is 13.7 Å². The van der Waals surface area contributed by atoms with Crippen LogP contribution in [0.3, 0.4) is 0 Å². The van der Waals surface area contributed by atoms with Gasteiger partial charge in [0.05, 0.1) is 6.61 Å². The van der Waals surface area contributed by atoms with Crippen molar-refractivity contribution in [3.05, 3.63) is 0 Å². The number of carboxylic acids is 1. The van der Waals surface area contributed by atoms with Crippen LogP contribution in [0.2, 0.25) is 0 Å². The van der Waals surface area contributed by atoms with Crippen molar-refractivity contribution in [1.82, 2.24) is 0 Å². The molecule has 0 saturated carbocycles. The summed E-state index contributed by atoms with van der Waals surface area (Å²) in [6.45, 7) is -0.571. The van der Waals surface area contributed by atoms with Gasteiger partial charge >= 0.3 is 5.97 Å². The quantitative estimate of drug-likeness (QED) is 0.419. The fourth-order valence-corrected chi connectivity index (χ4v) is 1.55. The zero-order valence-corrected chi connectivity index (χ0v) is 8.11. The molecule has 0 amide bonds. The predicted octanol–water partition coefficient (Wildman–Crippen LogP) is -2.43. The highest BCUT2D eigenvalue weighted by Crippen LogP contribution is 2.23. The van der Waals surface area contributed by atoms with Crippen molar-refractivity contribution >= 4 is 5.97 Å². The molecule has 1 aliphatic heterocycles. The van der Waals surface area contributed by atoms with Gasteiger partial charge in [0.15, 0.2) is 6.10 Å². The second-order valence-electron chi connectivity index (χ2n) is 3.30. The molecule has 0 bridgehead atoms. The lowest BCUT2D eigenvalue weighted by atomic mass is 9.95. The Morgan fingerprint density at radius 3 is 2.40 bits per heavy atom. The molecular weight excluding hydrogens is 208 g/mol. The van der Waals surface area contributed by atoms with Gasteiger partial charge in [0.25, 0.3) is 0 Å². The molecular formula is C8H14O7. The summed E-state index contributed by atoms with van der Waals surface area (Å²) in [4.78, 5) is 10.8. The lowest BCUT2D eigenvalue weighted by Crippen LogP contribution is -2.61. The molecule has 4 N–H and O–H groups in total. The number of methoxy groups -OCH3 is 1. The van der Waals surface area contributed by atoms with Gasteiger partial charge in [-0.2, -0.15) is 0 Å². The Hall–Kier alpha value is -0.730. The summed E-state index contributed by atoms with van der Waals surface area (Å²) >= 11 is 0. The fraction of sp³-hybridized carbons (Fsp3) is 0.875. The van der Waals surface area contributed by atoms with E-state index in [1.807, 2.05) is 0 Å². The Labute approximate surface area is 85.9 Å². The predicted molar refractivity (Wildman–Crippen MR) is 46.2 cm³/mol. The first-order valence-corrected chi connectivity index (χ1v) is 4.41. The molecule has 1 saturated heterocycles. The normalized spacial score (nSPS) is 41.5. The van der Waals surface area contributed by atoms with E-state index in [4.69, 9.17) is 19.7 Å². The molecule has 0 spiro atoms. The molecule has 0 aromatic rings. The maximum atomic E-state index is 10.8. The summed E-state index contributed by atoms with van der Waals surface area (Å²) in [6.07, 6.45) is -6.43. The van der Waals surface area contributed by atoms with E-state index in [2.05, 4.69) is 0 Å². The third-order valence-corrected chi connectivity index (χ3v) is 2.38. The zero-order chi connectivity index (χ0) is 11.6. The molecule has 0 aromatic carbocycles. The Kier molecular flexibility index (Phi) is 4.00. The van der Waals surface area contributed by atoms with Gasteiger partial charge in [0.1, 0.15) is 24.4 Å². The molecule has 7 nitrogen and oxygen atoms in total. The summed E-state index contributed by atoms with van der Waals surface area (Å²) in [6, 6.07) is 0. The highest BCUT2D eigenvalue weighted by atomic mass is 16.6. The minimum atomic E-state index is -1.40. The molecule has 0 aliphatic carbocycles. The summed E-state index contributed by atoms with van der Waals surface area (Å²) < 4.78 is 9.64. The van der Waals surface area contributed by atoms with Gasteiger partial charge in [0.2, 0.25) is 0 Å². The van der Waals surface area contributed by atoms with Gasteiger partial charge in [-0.05, 0) is 0 Å². The highest BCUT2D eigenvalue weighted by Gasteiger charge is 2.47. The molecule has 15 heavy (non-hydrogen) atoms. The van der Waals surface area contributed by atoms with Crippen LogP contribution < -0.4 is 0 Å². The average molecular weight is 222 g/mol. The van der Waals surface area contributed by atoms with Crippen LogP contribution in [-0.2, 0) is 14.3 Å². The smallest absolute Gasteiger partial charge is 0.335 e. The van der Waals surface area contributed by atoms with Gasteiger partial charge in [-0.3, -0.25) is 0 Å². The van der Waals surface area contributed by atoms with E-state index >= 15 is 0 Å². The highest BCUT2D eigenvalue weighted by molar-refractivity contribution is 5.73. The lowest BCUT2D eigenvalue weighted by molar-refractivity contribution is -0.238. The van der Waals surface area contributed by atoms with Gasteiger partial charge in [-0.1, -0.05) is 0 Å². The first kappa shape index (κ1) is 12.3. The van der Waals surface area contributed by atoms with E-state index in [1.54, 1.807) is 0 Å². The number of aliphatic hydroxyl groups excluding tert-OH is 3. The standard InChI is InChI=1S/C8H14O7/c1-14-6-5(11)4(10)3(2-9)15-7(6)8(12)13/h3-7,9-11H,2H2,1H3,(H,12,13). The summed E-state index contributed by atoms with van der Waals surface area (Å²) in [5.74, 6) is -1.31. The largest absolute Gasteiger partial charge is 0.479 e. The van der Waals surface area contributed by atoms with Gasteiger partial charge in [-0.15, -0.1) is 0 Å². The third-order valence-electron chi connectivity index (χ3n) is 2.38. The minimum absolute atomic E-state index is 0.571. The Bertz CT molecular complexity index is 231. The van der Waals surface area contributed by atoms with E-state index in [9.17, 15) is 15.0 Å². The molecule has 1 rings (SSSR count). The van der Waals surface area contributed by atoms with Crippen molar-refractivity contribution in [2.24, 2.45) is 0 Å². The zero-order valence-electron chi connectivity index (χ0n) is 8.11. The number of carbonyl (C=O) groups is 1. The van der Waals surface area contributed by atoms with Crippen molar-refractivity contribution < 1.29 is 34.7 Å². The molecule has 88 valence electrons. The maximum Gasteiger partial charge on any atom is 0.335 e. The van der Waals surface area contributed by atoms with E-state index in [1.165, 1.54) is 7.11 Å². The first-order valence-electron chi connectivity index (χ1n) is 4.41. The molecule has 1 heterocycles. The Morgan fingerprint density at radius 1 is 1.40 bits per heavy atom. The number of ether oxygens (including phenoxy) is 2. The van der Waals surface area contributed by atoms with Crippen LogP contribution in [0, 0.1) is 0 Å². The Balaban J connectivity index is 2.84. The number of rotatable bonds is 3. The van der Waals surface area contributed by atoms with E-state index in [0.717, 1.165) is 0 Å². The van der Waals surface area contributed by atoms with Crippen molar-refractivity contribution in [1.29, 1.82) is 0 Å². The number of hydrogen-bond acceptors (Lipinski definition) is 6. The minimum Gasteiger partial charge on any atom is -0.479 e. The van der Waals surface area contributed by atoms with Gasteiger partial charge in [0, 0.05) is 7.11 Å². The maximum absolute atomic E-state index is 10.8. The first-order chi connectivity index (χ1) is 7.02. The van der Waals surface area contributed by atoms with Crippen LogP contribution in [0.25, 0.3) is 0 Å². The molecule has 7 heteroatoms. The monoisotopic (exact) mass is 222 g/mol. The number of aliphatic carboxylic acids is 1. The van der Waals surface area contributed by atoms with Crippen molar-refractivity contribution in [2.45, 2.75) is 30.5 Å². The molecule has 1 fully saturated rings. The van der Waals surface area contributed by atoms with E-state index in [0.29, 0.717) is 0 Å². The van der Waals surface area contributed by atoms with Crippen LogP contribution in [0.5, 0.6) is 0 Å². The average Bonchev–Trinajstić information content (AvgIpc) is 2.21. The Morgan fingerprint density at radius 2 is 2.00 bits per heavy atom. The number of carboxylic acid groups (broad SMARTS) is 1. The number of hydrogen-bond donors (Lipinski definition) is 4. The van der Waals surface area contributed by atoms with Crippen LogP contribution in [-0.4, -0.2) is 70.6 Å². The van der Waals surface area contributed by atoms with E-state index < -0.39 is 43.1 Å². The molecule has 0 aromatic heterocycles. The molecule has 5 unspecified atom stereocenters. The molecule has 5 atom stereocenters. The number of aliphatic hydroxyl groups is 3. The van der Waals surface area contributed by atoms with Crippen LogP contribution >= 0.6 is 0 Å². The van der Waals surface area contributed by atoms with Gasteiger partial charge < -0.3 is 29.9 Å². The topological polar surface area (TPSA) is 116 Å². The third kappa shape index (κ3) is 2.27. The van der Waals surface area contributed by atoms with Gasteiger partial charge in [-0.25, -0.2) is 4.79 Å². The summed E-state index contributed by atoms with van der Waals surface area (Å²) in [5.41, 5.74) is 0. The summed E-state index contributed by atoms with van der Waals surface area (Å²) in [7, 11) is 1.21. The van der Waals surface area contributed by atoms with Crippen LogP contribution in [0.15, 0.2) is 0 Å². The van der Waals surface area contributed by atoms with E-state index in [-0.39, 0.29) is 0 Å². The van der Waals surface area contributed by atoms with Crippen LogP contribution in [0.1, 0.15) is 0 Å². The van der Waals surface area contributed by atoms with Crippen LogP contribution in [0.4, 0.5) is 0 Å². The lowest BCUT2D eigenvalue weighted by Gasteiger charge is -2.39. The second kappa shape index (κ2) is 4.86. The molecule has 1 aliphatic rings. The van der Waals surface area contributed by atoms with Crippen molar-refractivity contribution in [3.8, 4) is 0 Å². The molecule has 0 radical (unpaired) electrons. The summed E-state index contributed by atoms with van der Waals surface area (Å²) in [5, 5.41) is 36.5. The van der Waals surface area contributed by atoms with Crippen molar-refractivity contribution in [3.63, 3.8) is 0 Å². The SMILES string of the molecule is COC1C(C(=O)O)OC(CO)C(O)C1O. The fourth-order valence-electron chi connectivity index (χ4n) is 1.55.